The maximum atomic E-state index is 13.2. The molecule has 0 saturated carbocycles. The van der Waals surface area contributed by atoms with Gasteiger partial charge in [0.15, 0.2) is 23.3 Å². The highest BCUT2D eigenvalue weighted by atomic mass is 79.9. The third kappa shape index (κ3) is 2.86. The number of benzene rings is 1. The van der Waals surface area contributed by atoms with Gasteiger partial charge in [0.1, 0.15) is 5.82 Å². The lowest BCUT2D eigenvalue weighted by Gasteiger charge is -2.07. The molecule has 0 spiro atoms. The summed E-state index contributed by atoms with van der Waals surface area (Å²) >= 11 is 3.25. The predicted octanol–water partition coefficient (Wildman–Crippen LogP) is 3.76. The van der Waals surface area contributed by atoms with Crippen molar-refractivity contribution in [1.29, 1.82) is 0 Å². The summed E-state index contributed by atoms with van der Waals surface area (Å²) in [4.78, 5) is 8.07. The maximum absolute atomic E-state index is 13.2. The number of rotatable bonds is 3. The number of nitrogens with one attached hydrogen (secondary N) is 1. The van der Waals surface area contributed by atoms with E-state index in [-0.39, 0.29) is 11.4 Å². The largest absolute Gasteiger partial charge is 0.369 e. The van der Waals surface area contributed by atoms with Gasteiger partial charge in [0, 0.05) is 18.3 Å². The van der Waals surface area contributed by atoms with Crippen molar-refractivity contribution < 1.29 is 13.2 Å². The molecule has 1 aromatic heterocycles. The number of aromatic nitrogens is 2. The average Bonchev–Trinajstić information content (AvgIpc) is 2.38. The van der Waals surface area contributed by atoms with Gasteiger partial charge in [-0.2, -0.15) is 0 Å². The molecule has 0 fully saturated rings. The maximum Gasteiger partial charge on any atom is 0.194 e. The molecule has 1 aromatic carbocycles. The highest BCUT2D eigenvalue weighted by Crippen LogP contribution is 2.25. The third-order valence-corrected chi connectivity index (χ3v) is 2.91. The SMILES string of the molecule is CCNc1nc(-c2cc(F)c(F)c(F)c2)ncc1Br. The number of hydrogen-bond donors (Lipinski definition) is 1. The molecule has 2 rings (SSSR count). The Kier molecular flexibility index (Phi) is 4.04. The van der Waals surface area contributed by atoms with E-state index >= 15 is 0 Å². The smallest absolute Gasteiger partial charge is 0.194 e. The molecule has 1 N–H and O–H groups in total. The zero-order chi connectivity index (χ0) is 14.0. The third-order valence-electron chi connectivity index (χ3n) is 2.33. The Balaban J connectivity index is 2.50. The summed E-state index contributed by atoms with van der Waals surface area (Å²) in [6.45, 7) is 2.51. The van der Waals surface area contributed by atoms with Gasteiger partial charge in [-0.3, -0.25) is 0 Å². The van der Waals surface area contributed by atoms with Crippen molar-refractivity contribution in [3.05, 3.63) is 40.3 Å². The van der Waals surface area contributed by atoms with E-state index < -0.39 is 17.5 Å². The lowest BCUT2D eigenvalue weighted by molar-refractivity contribution is 0.447. The zero-order valence-electron chi connectivity index (χ0n) is 9.85. The molecule has 0 aliphatic heterocycles. The molecule has 0 saturated heterocycles. The van der Waals surface area contributed by atoms with E-state index in [0.717, 1.165) is 12.1 Å². The van der Waals surface area contributed by atoms with Crippen molar-refractivity contribution >= 4 is 21.7 Å². The fourth-order valence-electron chi connectivity index (χ4n) is 1.48. The second-order valence-corrected chi connectivity index (χ2v) is 4.53. The predicted molar refractivity (Wildman–Crippen MR) is 69.2 cm³/mol. The normalized spacial score (nSPS) is 10.6. The summed E-state index contributed by atoms with van der Waals surface area (Å²) in [5.41, 5.74) is 0.0723. The van der Waals surface area contributed by atoms with Gasteiger partial charge < -0.3 is 5.32 Å². The summed E-state index contributed by atoms with van der Waals surface area (Å²) in [5, 5.41) is 2.97. The van der Waals surface area contributed by atoms with Crippen LogP contribution in [0.3, 0.4) is 0 Å². The van der Waals surface area contributed by atoms with Crippen LogP contribution >= 0.6 is 15.9 Å². The van der Waals surface area contributed by atoms with Gasteiger partial charge in [-0.25, -0.2) is 23.1 Å². The lowest BCUT2D eigenvalue weighted by Crippen LogP contribution is -2.03. The minimum absolute atomic E-state index is 0.0723. The summed E-state index contributed by atoms with van der Waals surface area (Å²) in [5.74, 6) is -3.44. The topological polar surface area (TPSA) is 37.8 Å². The van der Waals surface area contributed by atoms with Crippen LogP contribution < -0.4 is 5.32 Å². The Hall–Kier alpha value is -1.63. The van der Waals surface area contributed by atoms with Gasteiger partial charge in [0.25, 0.3) is 0 Å². The highest BCUT2D eigenvalue weighted by Gasteiger charge is 2.14. The fraction of sp³-hybridized carbons (Fsp3) is 0.167. The highest BCUT2D eigenvalue weighted by molar-refractivity contribution is 9.10. The molecule has 0 aliphatic rings. The molecule has 7 heteroatoms. The fourth-order valence-corrected chi connectivity index (χ4v) is 1.81. The van der Waals surface area contributed by atoms with Crippen molar-refractivity contribution in [2.24, 2.45) is 0 Å². The van der Waals surface area contributed by atoms with Crippen LogP contribution in [0.4, 0.5) is 19.0 Å². The van der Waals surface area contributed by atoms with E-state index in [0.29, 0.717) is 16.8 Å². The minimum Gasteiger partial charge on any atom is -0.369 e. The van der Waals surface area contributed by atoms with Crippen LogP contribution in [0.2, 0.25) is 0 Å². The first-order valence-corrected chi connectivity index (χ1v) is 6.23. The van der Waals surface area contributed by atoms with E-state index in [1.54, 1.807) is 0 Å². The van der Waals surface area contributed by atoms with E-state index in [1.165, 1.54) is 6.20 Å². The first-order valence-electron chi connectivity index (χ1n) is 5.44. The van der Waals surface area contributed by atoms with Crippen LogP contribution in [-0.4, -0.2) is 16.5 Å². The molecular weight excluding hydrogens is 323 g/mol. The Morgan fingerprint density at radius 1 is 1.21 bits per heavy atom. The summed E-state index contributed by atoms with van der Waals surface area (Å²) < 4.78 is 39.8. The Morgan fingerprint density at radius 2 is 1.84 bits per heavy atom. The van der Waals surface area contributed by atoms with Gasteiger partial charge in [-0.05, 0) is 35.0 Å². The van der Waals surface area contributed by atoms with Crippen LogP contribution in [0.5, 0.6) is 0 Å². The Labute approximate surface area is 116 Å². The Bertz CT molecular complexity index is 596. The number of anilines is 1. The van der Waals surface area contributed by atoms with E-state index in [2.05, 4.69) is 31.2 Å². The van der Waals surface area contributed by atoms with E-state index in [1.807, 2.05) is 6.92 Å². The first-order chi connectivity index (χ1) is 9.02. The lowest BCUT2D eigenvalue weighted by atomic mass is 10.2. The monoisotopic (exact) mass is 331 g/mol. The van der Waals surface area contributed by atoms with Crippen molar-refractivity contribution in [3.8, 4) is 11.4 Å². The van der Waals surface area contributed by atoms with Gasteiger partial charge in [0.2, 0.25) is 0 Å². The van der Waals surface area contributed by atoms with Gasteiger partial charge >= 0.3 is 0 Å². The quantitative estimate of drug-likeness (QED) is 0.870. The van der Waals surface area contributed by atoms with Crippen molar-refractivity contribution in [2.45, 2.75) is 6.92 Å². The van der Waals surface area contributed by atoms with Crippen LogP contribution in [0.15, 0.2) is 22.8 Å². The van der Waals surface area contributed by atoms with Crippen LogP contribution in [0.25, 0.3) is 11.4 Å². The first kappa shape index (κ1) is 13.8. The molecular formula is C12H9BrF3N3. The second kappa shape index (κ2) is 5.56. The molecule has 0 unspecified atom stereocenters. The summed E-state index contributed by atoms with van der Waals surface area (Å²) in [6, 6.07) is 1.72. The van der Waals surface area contributed by atoms with E-state index in [9.17, 15) is 13.2 Å². The molecule has 19 heavy (non-hydrogen) atoms. The van der Waals surface area contributed by atoms with Crippen LogP contribution in [0, 0.1) is 17.5 Å². The Morgan fingerprint density at radius 3 is 2.42 bits per heavy atom. The van der Waals surface area contributed by atoms with Crippen molar-refractivity contribution in [3.63, 3.8) is 0 Å². The number of hydrogen-bond acceptors (Lipinski definition) is 3. The molecule has 0 atom stereocenters. The summed E-state index contributed by atoms with van der Waals surface area (Å²) in [6.07, 6.45) is 1.46. The van der Waals surface area contributed by atoms with Gasteiger partial charge in [0.05, 0.1) is 4.47 Å². The molecule has 0 aliphatic carbocycles. The second-order valence-electron chi connectivity index (χ2n) is 3.67. The van der Waals surface area contributed by atoms with E-state index in [4.69, 9.17) is 0 Å². The summed E-state index contributed by atoms with van der Waals surface area (Å²) in [7, 11) is 0. The average molecular weight is 332 g/mol. The van der Waals surface area contributed by atoms with Crippen LogP contribution in [-0.2, 0) is 0 Å². The van der Waals surface area contributed by atoms with Gasteiger partial charge in [-0.1, -0.05) is 0 Å². The number of halogens is 4. The molecule has 0 radical (unpaired) electrons. The molecule has 1 heterocycles. The molecule has 0 amide bonds. The number of nitrogens with zero attached hydrogens (tertiary/aromatic N) is 2. The molecule has 0 bridgehead atoms. The molecule has 2 aromatic rings. The van der Waals surface area contributed by atoms with Crippen molar-refractivity contribution in [2.75, 3.05) is 11.9 Å². The van der Waals surface area contributed by atoms with Crippen LogP contribution in [0.1, 0.15) is 6.92 Å². The zero-order valence-corrected chi connectivity index (χ0v) is 11.4. The molecule has 100 valence electrons. The standard InChI is InChI=1S/C12H9BrF3N3/c1-2-17-12-7(13)5-18-11(19-12)6-3-8(14)10(16)9(15)4-6/h3-5H,2H2,1H3,(H,17,18,19). The van der Waals surface area contributed by atoms with Crippen molar-refractivity contribution in [1.82, 2.24) is 9.97 Å². The minimum atomic E-state index is -1.51. The van der Waals surface area contributed by atoms with Gasteiger partial charge in [-0.15, -0.1) is 0 Å². The molecule has 3 nitrogen and oxygen atoms in total.